The zero-order valence-corrected chi connectivity index (χ0v) is 11.9. The second kappa shape index (κ2) is 5.45. The van der Waals surface area contributed by atoms with Gasteiger partial charge < -0.3 is 9.30 Å². The molecule has 0 atom stereocenters. The van der Waals surface area contributed by atoms with E-state index in [9.17, 15) is 4.79 Å². The van der Waals surface area contributed by atoms with Crippen molar-refractivity contribution >= 4 is 0 Å². The molecular formula is C17H16N2O2. The number of hydrogen-bond acceptors (Lipinski definition) is 3. The molecule has 0 saturated heterocycles. The Bertz CT molecular complexity index is 750. The highest BCUT2D eigenvalue weighted by molar-refractivity contribution is 5.61. The lowest BCUT2D eigenvalue weighted by Gasteiger charge is -2.13. The molecule has 4 heteroatoms. The molecule has 3 rings (SSSR count). The first kappa shape index (κ1) is 13.4. The summed E-state index contributed by atoms with van der Waals surface area (Å²) in [6.45, 7) is 2.57. The number of benzene rings is 1. The van der Waals surface area contributed by atoms with E-state index < -0.39 is 0 Å². The van der Waals surface area contributed by atoms with E-state index in [1.54, 1.807) is 10.6 Å². The highest BCUT2D eigenvalue weighted by atomic mass is 16.5. The predicted octanol–water partition coefficient (Wildman–Crippen LogP) is 3.12. The van der Waals surface area contributed by atoms with E-state index in [0.29, 0.717) is 6.61 Å². The van der Waals surface area contributed by atoms with Gasteiger partial charge in [-0.05, 0) is 61.7 Å². The smallest absolute Gasteiger partial charge is 0.269 e. The van der Waals surface area contributed by atoms with Crippen LogP contribution in [0, 0.1) is 11.3 Å². The minimum atomic E-state index is -0.189. The molecule has 0 bridgehead atoms. The molecule has 1 aliphatic carbocycles. The van der Waals surface area contributed by atoms with Gasteiger partial charge in [-0.1, -0.05) is 0 Å². The molecule has 106 valence electrons. The summed E-state index contributed by atoms with van der Waals surface area (Å²) in [7, 11) is 0. The van der Waals surface area contributed by atoms with Crippen LogP contribution in [0.5, 0.6) is 5.75 Å². The molecule has 4 nitrogen and oxygen atoms in total. The van der Waals surface area contributed by atoms with Crippen molar-refractivity contribution in [3.8, 4) is 23.1 Å². The van der Waals surface area contributed by atoms with Crippen molar-refractivity contribution in [3.05, 3.63) is 52.3 Å². The van der Waals surface area contributed by atoms with Crippen LogP contribution in [0.2, 0.25) is 0 Å². The number of hydrogen-bond donors (Lipinski definition) is 0. The summed E-state index contributed by atoms with van der Waals surface area (Å²) < 4.78 is 7.19. The first-order chi connectivity index (χ1) is 10.2. The zero-order chi connectivity index (χ0) is 14.8. The normalized spacial score (nSPS) is 13.7. The maximum atomic E-state index is 12.4. The molecule has 1 aromatic carbocycles. The Balaban J connectivity index is 2.08. The molecule has 0 amide bonds. The zero-order valence-electron chi connectivity index (χ0n) is 11.9. The topological polar surface area (TPSA) is 55.0 Å². The SMILES string of the molecule is CCOc1ccc(-c2ccc(C#N)c(=O)n2C2CC2)cc1. The highest BCUT2D eigenvalue weighted by Crippen LogP contribution is 2.37. The van der Waals surface area contributed by atoms with E-state index in [4.69, 9.17) is 10.00 Å². The average molecular weight is 280 g/mol. The minimum Gasteiger partial charge on any atom is -0.494 e. The van der Waals surface area contributed by atoms with Crippen molar-refractivity contribution < 1.29 is 4.74 Å². The van der Waals surface area contributed by atoms with E-state index in [2.05, 4.69) is 0 Å². The maximum absolute atomic E-state index is 12.4. The molecule has 21 heavy (non-hydrogen) atoms. The van der Waals surface area contributed by atoms with Crippen LogP contribution in [0.4, 0.5) is 0 Å². The molecule has 1 aromatic heterocycles. The van der Waals surface area contributed by atoms with Gasteiger partial charge >= 0.3 is 0 Å². The Morgan fingerprint density at radius 2 is 1.95 bits per heavy atom. The lowest BCUT2D eigenvalue weighted by Crippen LogP contribution is -2.23. The first-order valence-electron chi connectivity index (χ1n) is 7.13. The summed E-state index contributed by atoms with van der Waals surface area (Å²) in [4.78, 5) is 12.4. The second-order valence-electron chi connectivity index (χ2n) is 5.11. The fourth-order valence-electron chi connectivity index (χ4n) is 2.46. The van der Waals surface area contributed by atoms with Crippen molar-refractivity contribution in [1.82, 2.24) is 4.57 Å². The van der Waals surface area contributed by atoms with Crippen molar-refractivity contribution in [2.45, 2.75) is 25.8 Å². The van der Waals surface area contributed by atoms with E-state index in [0.717, 1.165) is 29.8 Å². The molecular weight excluding hydrogens is 264 g/mol. The molecule has 1 fully saturated rings. The first-order valence-corrected chi connectivity index (χ1v) is 7.13. The number of nitrogens with zero attached hydrogens (tertiary/aromatic N) is 2. The van der Waals surface area contributed by atoms with Crippen molar-refractivity contribution in [2.24, 2.45) is 0 Å². The molecule has 2 aromatic rings. The Morgan fingerprint density at radius 3 is 2.52 bits per heavy atom. The number of ether oxygens (including phenoxy) is 1. The summed E-state index contributed by atoms with van der Waals surface area (Å²) in [5.74, 6) is 0.815. The average Bonchev–Trinajstić information content (AvgIpc) is 3.33. The van der Waals surface area contributed by atoms with Gasteiger partial charge in [0.2, 0.25) is 0 Å². The molecule has 0 N–H and O–H groups in total. The molecule has 1 saturated carbocycles. The number of nitriles is 1. The monoisotopic (exact) mass is 280 g/mol. The summed E-state index contributed by atoms with van der Waals surface area (Å²) in [5.41, 5.74) is 1.85. The molecule has 0 radical (unpaired) electrons. The third kappa shape index (κ3) is 2.55. The number of aromatic nitrogens is 1. The minimum absolute atomic E-state index is 0.189. The van der Waals surface area contributed by atoms with E-state index in [-0.39, 0.29) is 17.2 Å². The standard InChI is InChI=1S/C17H16N2O2/c1-2-21-15-8-3-12(4-9-15)16-10-5-13(11-18)17(20)19(16)14-6-7-14/h3-5,8-10,14H,2,6-7H2,1H3. The van der Waals surface area contributed by atoms with Crippen molar-refractivity contribution in [1.29, 1.82) is 5.26 Å². The Hall–Kier alpha value is -2.54. The van der Waals surface area contributed by atoms with Gasteiger partial charge in [-0.3, -0.25) is 4.79 Å². The fraction of sp³-hybridized carbons (Fsp3) is 0.294. The lowest BCUT2D eigenvalue weighted by atomic mass is 10.1. The van der Waals surface area contributed by atoms with Gasteiger partial charge in [0.25, 0.3) is 5.56 Å². The second-order valence-corrected chi connectivity index (χ2v) is 5.11. The highest BCUT2D eigenvalue weighted by Gasteiger charge is 2.27. The maximum Gasteiger partial charge on any atom is 0.269 e. The van der Waals surface area contributed by atoms with Crippen LogP contribution in [0.15, 0.2) is 41.2 Å². The van der Waals surface area contributed by atoms with Crippen LogP contribution in [0.3, 0.4) is 0 Å². The van der Waals surface area contributed by atoms with Gasteiger partial charge in [0.1, 0.15) is 17.4 Å². The van der Waals surface area contributed by atoms with Gasteiger partial charge in [0.15, 0.2) is 0 Å². The van der Waals surface area contributed by atoms with E-state index in [1.165, 1.54) is 0 Å². The number of pyridine rings is 1. The van der Waals surface area contributed by atoms with Gasteiger partial charge in [-0.2, -0.15) is 5.26 Å². The van der Waals surface area contributed by atoms with Gasteiger partial charge in [-0.25, -0.2) is 0 Å². The molecule has 0 spiro atoms. The fourth-order valence-corrected chi connectivity index (χ4v) is 2.46. The van der Waals surface area contributed by atoms with Crippen LogP contribution >= 0.6 is 0 Å². The van der Waals surface area contributed by atoms with Gasteiger partial charge in [0, 0.05) is 6.04 Å². The van der Waals surface area contributed by atoms with Crippen LogP contribution in [-0.4, -0.2) is 11.2 Å². The van der Waals surface area contributed by atoms with E-state index in [1.807, 2.05) is 43.3 Å². The predicted molar refractivity (Wildman–Crippen MR) is 80.3 cm³/mol. The van der Waals surface area contributed by atoms with Gasteiger partial charge in [-0.15, -0.1) is 0 Å². The van der Waals surface area contributed by atoms with Crippen LogP contribution in [-0.2, 0) is 0 Å². The summed E-state index contributed by atoms with van der Waals surface area (Å²) in [6.07, 6.45) is 2.00. The third-order valence-corrected chi connectivity index (χ3v) is 3.61. The Kier molecular flexibility index (Phi) is 3.49. The van der Waals surface area contributed by atoms with Crippen LogP contribution in [0.25, 0.3) is 11.3 Å². The van der Waals surface area contributed by atoms with Crippen LogP contribution < -0.4 is 10.3 Å². The largest absolute Gasteiger partial charge is 0.494 e. The van der Waals surface area contributed by atoms with E-state index >= 15 is 0 Å². The summed E-state index contributed by atoms with van der Waals surface area (Å²) in [6, 6.07) is 13.4. The van der Waals surface area contributed by atoms with Crippen molar-refractivity contribution in [2.75, 3.05) is 6.61 Å². The summed E-state index contributed by atoms with van der Waals surface area (Å²) >= 11 is 0. The van der Waals surface area contributed by atoms with Crippen LogP contribution in [0.1, 0.15) is 31.4 Å². The molecule has 0 unspecified atom stereocenters. The van der Waals surface area contributed by atoms with Crippen molar-refractivity contribution in [3.63, 3.8) is 0 Å². The molecule has 0 aliphatic heterocycles. The number of rotatable bonds is 4. The molecule has 1 heterocycles. The Labute approximate surface area is 123 Å². The Morgan fingerprint density at radius 1 is 1.24 bits per heavy atom. The lowest BCUT2D eigenvalue weighted by molar-refractivity contribution is 0.340. The summed E-state index contributed by atoms with van der Waals surface area (Å²) in [5, 5.41) is 9.02. The van der Waals surface area contributed by atoms with Gasteiger partial charge in [0.05, 0.1) is 12.3 Å². The third-order valence-electron chi connectivity index (χ3n) is 3.61. The quantitative estimate of drug-likeness (QED) is 0.864. The molecule has 1 aliphatic rings.